The maximum absolute atomic E-state index is 10.2. The summed E-state index contributed by atoms with van der Waals surface area (Å²) in [5.74, 6) is 1.58. The number of guanidine groups is 1. The van der Waals surface area contributed by atoms with Crippen LogP contribution in [0.15, 0.2) is 35.3 Å². The standard InChI is InChI=1S/C19H28N4O2.HI/c1-3-20-19(21-13-15-7-6-8-17(25-2)18(15)24)23-12-9-16(14-23)22-10-4-5-11-22;/h4-8,16,24H,3,9-14H2,1-2H3,(H,20,21);1H. The van der Waals surface area contributed by atoms with E-state index in [9.17, 15) is 5.11 Å². The Kier molecular flexibility index (Phi) is 8.02. The molecular formula is C19H29IN4O2. The highest BCUT2D eigenvalue weighted by molar-refractivity contribution is 14.0. The van der Waals surface area contributed by atoms with Crippen LogP contribution in [0.25, 0.3) is 0 Å². The molecule has 3 rings (SSSR count). The highest BCUT2D eigenvalue weighted by Crippen LogP contribution is 2.29. The van der Waals surface area contributed by atoms with Crippen LogP contribution in [-0.4, -0.2) is 66.7 Å². The topological polar surface area (TPSA) is 60.3 Å². The number of para-hydroxylation sites is 1. The van der Waals surface area contributed by atoms with Gasteiger partial charge >= 0.3 is 0 Å². The fraction of sp³-hybridized carbons (Fsp3) is 0.526. The van der Waals surface area contributed by atoms with Gasteiger partial charge in [-0.25, -0.2) is 4.99 Å². The highest BCUT2D eigenvalue weighted by Gasteiger charge is 2.29. The second-order valence-electron chi connectivity index (χ2n) is 6.45. The molecule has 0 radical (unpaired) electrons. The van der Waals surface area contributed by atoms with Crippen molar-refractivity contribution in [2.75, 3.05) is 39.8 Å². The first kappa shape index (κ1) is 20.8. The number of halogens is 1. The van der Waals surface area contributed by atoms with Gasteiger partial charge in [-0.3, -0.25) is 4.90 Å². The smallest absolute Gasteiger partial charge is 0.194 e. The van der Waals surface area contributed by atoms with E-state index >= 15 is 0 Å². The van der Waals surface area contributed by atoms with Crippen LogP contribution in [0.5, 0.6) is 11.5 Å². The fourth-order valence-electron chi connectivity index (χ4n) is 3.47. The molecule has 7 heteroatoms. The summed E-state index contributed by atoms with van der Waals surface area (Å²) in [6.07, 6.45) is 5.65. The van der Waals surface area contributed by atoms with Crippen LogP contribution >= 0.6 is 24.0 Å². The number of methoxy groups -OCH3 is 1. The van der Waals surface area contributed by atoms with Crippen molar-refractivity contribution in [3.63, 3.8) is 0 Å². The molecule has 0 amide bonds. The molecule has 2 N–H and O–H groups in total. The lowest BCUT2D eigenvalue weighted by atomic mass is 10.2. The number of nitrogens with one attached hydrogen (secondary N) is 1. The van der Waals surface area contributed by atoms with Crippen LogP contribution in [0.1, 0.15) is 18.9 Å². The van der Waals surface area contributed by atoms with Crippen molar-refractivity contribution in [1.29, 1.82) is 0 Å². The predicted octanol–water partition coefficient (Wildman–Crippen LogP) is 2.43. The van der Waals surface area contributed by atoms with E-state index in [0.717, 1.165) is 50.7 Å². The number of benzene rings is 1. The molecule has 26 heavy (non-hydrogen) atoms. The van der Waals surface area contributed by atoms with E-state index in [0.29, 0.717) is 18.3 Å². The highest BCUT2D eigenvalue weighted by atomic mass is 127. The fourth-order valence-corrected chi connectivity index (χ4v) is 3.47. The predicted molar refractivity (Wildman–Crippen MR) is 116 cm³/mol. The lowest BCUT2D eigenvalue weighted by Gasteiger charge is -2.25. The zero-order valence-corrected chi connectivity index (χ0v) is 17.8. The molecule has 0 aromatic heterocycles. The Bertz CT molecular complexity index is 642. The summed E-state index contributed by atoms with van der Waals surface area (Å²) in [5, 5.41) is 13.6. The summed E-state index contributed by atoms with van der Waals surface area (Å²) in [6.45, 7) is 7.46. The molecule has 6 nitrogen and oxygen atoms in total. The van der Waals surface area contributed by atoms with Gasteiger partial charge < -0.3 is 20.1 Å². The average molecular weight is 472 g/mol. The van der Waals surface area contributed by atoms with Gasteiger partial charge in [-0.15, -0.1) is 24.0 Å². The summed E-state index contributed by atoms with van der Waals surface area (Å²) in [7, 11) is 1.56. The molecule has 144 valence electrons. The largest absolute Gasteiger partial charge is 0.504 e. The van der Waals surface area contributed by atoms with Gasteiger partial charge in [0.05, 0.1) is 13.7 Å². The lowest BCUT2D eigenvalue weighted by Crippen LogP contribution is -2.42. The molecule has 1 aromatic rings. The molecule has 2 aliphatic heterocycles. The molecule has 0 spiro atoms. The number of nitrogens with zero attached hydrogens (tertiary/aromatic N) is 3. The molecular weight excluding hydrogens is 443 g/mol. The third-order valence-electron chi connectivity index (χ3n) is 4.86. The molecule has 2 aliphatic rings. The Morgan fingerprint density at radius 3 is 2.81 bits per heavy atom. The van der Waals surface area contributed by atoms with Crippen LogP contribution in [0.3, 0.4) is 0 Å². The van der Waals surface area contributed by atoms with Crippen molar-refractivity contribution in [2.24, 2.45) is 4.99 Å². The minimum atomic E-state index is 0. The zero-order chi connectivity index (χ0) is 17.6. The molecule has 1 fully saturated rings. The number of ether oxygens (including phenoxy) is 1. The molecule has 1 saturated heterocycles. The Hall–Kier alpha value is -1.48. The SMILES string of the molecule is CCNC(=NCc1cccc(OC)c1O)N1CCC(N2CC=CC2)C1.I. The van der Waals surface area contributed by atoms with Crippen molar-refractivity contribution in [3.05, 3.63) is 35.9 Å². The monoisotopic (exact) mass is 472 g/mol. The van der Waals surface area contributed by atoms with Gasteiger partial charge in [0, 0.05) is 44.3 Å². The van der Waals surface area contributed by atoms with Crippen LogP contribution in [-0.2, 0) is 6.54 Å². The maximum atomic E-state index is 10.2. The number of phenolic OH excluding ortho intramolecular Hbond substituents is 1. The summed E-state index contributed by atoms with van der Waals surface area (Å²) in [6, 6.07) is 6.10. The van der Waals surface area contributed by atoms with E-state index in [2.05, 4.69) is 34.2 Å². The first-order chi connectivity index (χ1) is 12.2. The summed E-state index contributed by atoms with van der Waals surface area (Å²) < 4.78 is 5.17. The Labute approximate surface area is 172 Å². The summed E-state index contributed by atoms with van der Waals surface area (Å²) in [5.41, 5.74) is 0.772. The molecule has 1 aromatic carbocycles. The first-order valence-electron chi connectivity index (χ1n) is 9.00. The average Bonchev–Trinajstić information content (AvgIpc) is 3.30. The van der Waals surface area contributed by atoms with Gasteiger partial charge in [0.2, 0.25) is 0 Å². The quantitative estimate of drug-likeness (QED) is 0.299. The van der Waals surface area contributed by atoms with Gasteiger partial charge in [0.25, 0.3) is 0 Å². The lowest BCUT2D eigenvalue weighted by molar-refractivity contribution is 0.259. The minimum Gasteiger partial charge on any atom is -0.504 e. The van der Waals surface area contributed by atoms with E-state index in [-0.39, 0.29) is 29.7 Å². The molecule has 0 saturated carbocycles. The van der Waals surface area contributed by atoms with Crippen LogP contribution in [0.2, 0.25) is 0 Å². The molecule has 0 aliphatic carbocycles. The number of aromatic hydroxyl groups is 1. The Morgan fingerprint density at radius 1 is 1.35 bits per heavy atom. The zero-order valence-electron chi connectivity index (χ0n) is 15.5. The van der Waals surface area contributed by atoms with Crippen molar-refractivity contribution in [1.82, 2.24) is 15.1 Å². The van der Waals surface area contributed by atoms with Gasteiger partial charge in [0.15, 0.2) is 17.5 Å². The minimum absolute atomic E-state index is 0. The van der Waals surface area contributed by atoms with E-state index < -0.39 is 0 Å². The maximum Gasteiger partial charge on any atom is 0.194 e. The molecule has 0 bridgehead atoms. The number of phenols is 1. The van der Waals surface area contributed by atoms with E-state index in [1.807, 2.05) is 12.1 Å². The van der Waals surface area contributed by atoms with E-state index in [1.165, 1.54) is 0 Å². The van der Waals surface area contributed by atoms with Gasteiger partial charge in [-0.1, -0.05) is 24.3 Å². The van der Waals surface area contributed by atoms with E-state index in [4.69, 9.17) is 9.73 Å². The number of likely N-dealkylation sites (tertiary alicyclic amines) is 1. The van der Waals surface area contributed by atoms with Crippen molar-refractivity contribution in [2.45, 2.75) is 25.9 Å². The second kappa shape index (κ2) is 10.0. The van der Waals surface area contributed by atoms with Crippen molar-refractivity contribution in [3.8, 4) is 11.5 Å². The number of hydrogen-bond acceptors (Lipinski definition) is 4. The number of hydrogen-bond donors (Lipinski definition) is 2. The van der Waals surface area contributed by atoms with Crippen LogP contribution in [0, 0.1) is 0 Å². The van der Waals surface area contributed by atoms with Gasteiger partial charge in [0.1, 0.15) is 0 Å². The third kappa shape index (κ3) is 4.82. The Balaban J connectivity index is 0.00000243. The van der Waals surface area contributed by atoms with Crippen molar-refractivity contribution >= 4 is 29.9 Å². The third-order valence-corrected chi connectivity index (χ3v) is 4.86. The van der Waals surface area contributed by atoms with E-state index in [1.54, 1.807) is 13.2 Å². The van der Waals surface area contributed by atoms with Gasteiger partial charge in [-0.05, 0) is 19.4 Å². The molecule has 1 unspecified atom stereocenters. The summed E-state index contributed by atoms with van der Waals surface area (Å²) >= 11 is 0. The van der Waals surface area contributed by atoms with Crippen LogP contribution < -0.4 is 10.1 Å². The number of aliphatic imine (C=N–C) groups is 1. The van der Waals surface area contributed by atoms with Gasteiger partial charge in [-0.2, -0.15) is 0 Å². The molecule has 1 atom stereocenters. The van der Waals surface area contributed by atoms with Crippen LogP contribution in [0.4, 0.5) is 0 Å². The Morgan fingerprint density at radius 2 is 2.12 bits per heavy atom. The first-order valence-corrected chi connectivity index (χ1v) is 9.00. The number of rotatable bonds is 5. The summed E-state index contributed by atoms with van der Waals surface area (Å²) in [4.78, 5) is 9.58. The normalized spacial score (nSPS) is 20.3. The van der Waals surface area contributed by atoms with Crippen molar-refractivity contribution < 1.29 is 9.84 Å². The molecule has 2 heterocycles. The second-order valence-corrected chi connectivity index (χ2v) is 6.45.